The molecule has 0 amide bonds. The Morgan fingerprint density at radius 1 is 1.30 bits per heavy atom. The van der Waals surface area contributed by atoms with Crippen molar-refractivity contribution in [2.24, 2.45) is 12.5 Å². The summed E-state index contributed by atoms with van der Waals surface area (Å²) >= 11 is 0. The maximum absolute atomic E-state index is 12.3. The zero-order valence-corrected chi connectivity index (χ0v) is 12.2. The maximum atomic E-state index is 12.3. The summed E-state index contributed by atoms with van der Waals surface area (Å²) in [5.41, 5.74) is 1.43. The van der Waals surface area contributed by atoms with Crippen LogP contribution in [-0.4, -0.2) is 15.6 Å². The molecule has 1 aromatic carbocycles. The van der Waals surface area contributed by atoms with Crippen LogP contribution in [0, 0.1) is 12.3 Å². The highest BCUT2D eigenvalue weighted by Gasteiger charge is 2.28. The van der Waals surface area contributed by atoms with E-state index in [2.05, 4.69) is 0 Å². The van der Waals surface area contributed by atoms with E-state index in [9.17, 15) is 14.7 Å². The zero-order chi connectivity index (χ0) is 15.1. The van der Waals surface area contributed by atoms with Crippen molar-refractivity contribution in [3.8, 4) is 0 Å². The smallest absolute Gasteiger partial charge is 0.309 e. The number of aromatic nitrogens is 1. The largest absolute Gasteiger partial charge is 0.481 e. The van der Waals surface area contributed by atoms with E-state index >= 15 is 0 Å². The van der Waals surface area contributed by atoms with Crippen LogP contribution in [0.3, 0.4) is 0 Å². The predicted octanol–water partition coefficient (Wildman–Crippen LogP) is 2.50. The Morgan fingerprint density at radius 2 is 1.95 bits per heavy atom. The van der Waals surface area contributed by atoms with Crippen molar-refractivity contribution in [2.45, 2.75) is 27.2 Å². The van der Waals surface area contributed by atoms with E-state index < -0.39 is 11.4 Å². The summed E-state index contributed by atoms with van der Waals surface area (Å²) < 4.78 is 1.59. The first-order valence-corrected chi connectivity index (χ1v) is 6.55. The first kappa shape index (κ1) is 14.3. The molecule has 0 unspecified atom stereocenters. The SMILES string of the molecule is Cc1ccc2c(c1)cc(CC(C)(C)C(=O)O)c(=O)n2C. The first-order valence-electron chi connectivity index (χ1n) is 6.55. The lowest BCUT2D eigenvalue weighted by Crippen LogP contribution is -2.31. The Hall–Kier alpha value is -2.10. The van der Waals surface area contributed by atoms with Crippen LogP contribution in [0.25, 0.3) is 10.9 Å². The molecule has 0 saturated carbocycles. The van der Waals surface area contributed by atoms with Crippen LogP contribution in [0.2, 0.25) is 0 Å². The standard InChI is InChI=1S/C16H19NO3/c1-10-5-6-13-11(7-10)8-12(14(18)17(13)4)9-16(2,3)15(19)20/h5-8H,9H2,1-4H3,(H,19,20). The lowest BCUT2D eigenvalue weighted by atomic mass is 9.86. The fraction of sp³-hybridized carbons (Fsp3) is 0.375. The van der Waals surface area contributed by atoms with Crippen LogP contribution < -0.4 is 5.56 Å². The first-order chi connectivity index (χ1) is 9.22. The van der Waals surface area contributed by atoms with Crippen molar-refractivity contribution < 1.29 is 9.90 Å². The third kappa shape index (κ3) is 2.46. The maximum Gasteiger partial charge on any atom is 0.309 e. The quantitative estimate of drug-likeness (QED) is 0.934. The Morgan fingerprint density at radius 3 is 2.55 bits per heavy atom. The van der Waals surface area contributed by atoms with Gasteiger partial charge in [-0.2, -0.15) is 0 Å². The molecular formula is C16H19NO3. The molecule has 0 fully saturated rings. The molecule has 4 heteroatoms. The van der Waals surface area contributed by atoms with Crippen LogP contribution in [0.4, 0.5) is 0 Å². The molecule has 1 aromatic heterocycles. The second-order valence-electron chi connectivity index (χ2n) is 5.96. The summed E-state index contributed by atoms with van der Waals surface area (Å²) in [6, 6.07) is 7.70. The van der Waals surface area contributed by atoms with Crippen molar-refractivity contribution in [3.05, 3.63) is 45.7 Å². The number of benzene rings is 1. The lowest BCUT2D eigenvalue weighted by Gasteiger charge is -2.19. The van der Waals surface area contributed by atoms with Gasteiger partial charge < -0.3 is 9.67 Å². The molecule has 106 valence electrons. The van der Waals surface area contributed by atoms with Crippen molar-refractivity contribution in [3.63, 3.8) is 0 Å². The van der Waals surface area contributed by atoms with Gasteiger partial charge in [0.05, 0.1) is 10.9 Å². The summed E-state index contributed by atoms with van der Waals surface area (Å²) in [5, 5.41) is 10.2. The molecule has 0 aliphatic carbocycles. The highest BCUT2D eigenvalue weighted by Crippen LogP contribution is 2.23. The minimum absolute atomic E-state index is 0.129. The van der Waals surface area contributed by atoms with E-state index in [0.717, 1.165) is 16.5 Å². The van der Waals surface area contributed by atoms with Crippen LogP contribution in [0.1, 0.15) is 25.0 Å². The van der Waals surface area contributed by atoms with Gasteiger partial charge in [-0.15, -0.1) is 0 Å². The normalized spacial score (nSPS) is 11.8. The van der Waals surface area contributed by atoms with Crippen LogP contribution in [0.5, 0.6) is 0 Å². The fourth-order valence-corrected chi connectivity index (χ4v) is 2.35. The van der Waals surface area contributed by atoms with Crippen molar-refractivity contribution in [2.75, 3.05) is 0 Å². The molecular weight excluding hydrogens is 254 g/mol. The molecule has 0 radical (unpaired) electrons. The van der Waals surface area contributed by atoms with Crippen LogP contribution in [0.15, 0.2) is 29.1 Å². The average Bonchev–Trinajstić information content (AvgIpc) is 2.34. The van der Waals surface area contributed by atoms with Crippen LogP contribution in [-0.2, 0) is 18.3 Å². The molecule has 20 heavy (non-hydrogen) atoms. The van der Waals surface area contributed by atoms with Gasteiger partial charge in [0.1, 0.15) is 0 Å². The highest BCUT2D eigenvalue weighted by atomic mass is 16.4. The van der Waals surface area contributed by atoms with E-state index in [1.807, 2.05) is 31.2 Å². The molecule has 0 atom stereocenters. The second-order valence-corrected chi connectivity index (χ2v) is 5.96. The summed E-state index contributed by atoms with van der Waals surface area (Å²) in [6.45, 7) is 5.26. The molecule has 0 spiro atoms. The van der Waals surface area contributed by atoms with Gasteiger partial charge in [0.25, 0.3) is 5.56 Å². The van der Waals surface area contributed by atoms with Crippen molar-refractivity contribution in [1.29, 1.82) is 0 Å². The third-order valence-electron chi connectivity index (χ3n) is 3.66. The fourth-order valence-electron chi connectivity index (χ4n) is 2.35. The van der Waals surface area contributed by atoms with Gasteiger partial charge in [-0.05, 0) is 50.8 Å². The Bertz CT molecular complexity index is 741. The van der Waals surface area contributed by atoms with E-state index in [-0.39, 0.29) is 12.0 Å². The highest BCUT2D eigenvalue weighted by molar-refractivity contribution is 5.81. The Labute approximate surface area is 117 Å². The Kier molecular flexibility index (Phi) is 3.42. The summed E-state index contributed by atoms with van der Waals surface area (Å²) in [4.78, 5) is 23.6. The number of hydrogen-bond acceptors (Lipinski definition) is 2. The number of fused-ring (bicyclic) bond motifs is 1. The van der Waals surface area contributed by atoms with Gasteiger partial charge in [-0.1, -0.05) is 11.6 Å². The summed E-state index contributed by atoms with van der Waals surface area (Å²) in [7, 11) is 1.72. The van der Waals surface area contributed by atoms with Gasteiger partial charge in [0, 0.05) is 12.6 Å². The molecule has 4 nitrogen and oxygen atoms in total. The number of nitrogens with zero attached hydrogens (tertiary/aromatic N) is 1. The van der Waals surface area contributed by atoms with Crippen LogP contribution >= 0.6 is 0 Å². The number of hydrogen-bond donors (Lipinski definition) is 1. The minimum atomic E-state index is -0.955. The summed E-state index contributed by atoms with van der Waals surface area (Å²) in [6.07, 6.45) is 0.221. The summed E-state index contributed by atoms with van der Waals surface area (Å²) in [5.74, 6) is -0.899. The number of rotatable bonds is 3. The number of aliphatic carboxylic acids is 1. The number of carboxylic acids is 1. The number of pyridine rings is 1. The monoisotopic (exact) mass is 273 g/mol. The van der Waals surface area contributed by atoms with E-state index in [4.69, 9.17) is 0 Å². The molecule has 2 aromatic rings. The number of carboxylic acid groups (broad SMARTS) is 1. The molecule has 1 N–H and O–H groups in total. The third-order valence-corrected chi connectivity index (χ3v) is 3.66. The van der Waals surface area contributed by atoms with E-state index in [0.29, 0.717) is 5.56 Å². The lowest BCUT2D eigenvalue weighted by molar-refractivity contribution is -0.146. The second kappa shape index (κ2) is 4.78. The molecule has 0 aliphatic heterocycles. The Balaban J connectivity index is 2.63. The van der Waals surface area contributed by atoms with Gasteiger partial charge in [-0.25, -0.2) is 0 Å². The van der Waals surface area contributed by atoms with Crippen molar-refractivity contribution in [1.82, 2.24) is 4.57 Å². The van der Waals surface area contributed by atoms with Gasteiger partial charge in [-0.3, -0.25) is 9.59 Å². The molecule has 0 aliphatic rings. The molecule has 0 saturated heterocycles. The van der Waals surface area contributed by atoms with Gasteiger partial charge in [0.2, 0.25) is 0 Å². The van der Waals surface area contributed by atoms with Gasteiger partial charge >= 0.3 is 5.97 Å². The topological polar surface area (TPSA) is 59.3 Å². The average molecular weight is 273 g/mol. The molecule has 0 bridgehead atoms. The van der Waals surface area contributed by atoms with Crippen molar-refractivity contribution >= 4 is 16.9 Å². The molecule has 2 rings (SSSR count). The number of aryl methyl sites for hydroxylation is 2. The number of carbonyl (C=O) groups is 1. The minimum Gasteiger partial charge on any atom is -0.481 e. The predicted molar refractivity (Wildman–Crippen MR) is 79.0 cm³/mol. The molecule has 1 heterocycles. The van der Waals surface area contributed by atoms with E-state index in [1.54, 1.807) is 25.5 Å². The van der Waals surface area contributed by atoms with E-state index in [1.165, 1.54) is 0 Å². The zero-order valence-electron chi connectivity index (χ0n) is 12.2. The van der Waals surface area contributed by atoms with Gasteiger partial charge in [0.15, 0.2) is 0 Å².